The lowest BCUT2D eigenvalue weighted by Crippen LogP contribution is -2.12. The van der Waals surface area contributed by atoms with E-state index in [9.17, 15) is 4.79 Å². The summed E-state index contributed by atoms with van der Waals surface area (Å²) in [6, 6.07) is 13.0. The Morgan fingerprint density at radius 3 is 2.55 bits per heavy atom. The predicted octanol–water partition coefficient (Wildman–Crippen LogP) is 2.47. The molecule has 3 N–H and O–H groups in total. The van der Waals surface area contributed by atoms with Crippen LogP contribution in [0.4, 0.5) is 11.4 Å². The fraction of sp³-hybridized carbons (Fsp3) is 0.188. The van der Waals surface area contributed by atoms with Crippen molar-refractivity contribution in [2.24, 2.45) is 0 Å². The van der Waals surface area contributed by atoms with Gasteiger partial charge in [0.2, 0.25) is 0 Å². The second-order valence-corrected chi connectivity index (χ2v) is 5.23. The number of nitrogen functional groups attached to an aromatic ring is 1. The molecule has 0 aromatic heterocycles. The van der Waals surface area contributed by atoms with E-state index in [1.54, 1.807) is 24.3 Å². The summed E-state index contributed by atoms with van der Waals surface area (Å²) in [5, 5.41) is 2.92. The number of nitrogens with one attached hydrogen (secondary N) is 1. The molecule has 0 saturated carbocycles. The predicted molar refractivity (Wildman–Crippen MR) is 80.4 cm³/mol. The Kier molecular flexibility index (Phi) is 3.16. The molecule has 0 unspecified atom stereocenters. The molecule has 1 amide bonds. The van der Waals surface area contributed by atoms with E-state index in [4.69, 9.17) is 5.73 Å². The van der Waals surface area contributed by atoms with Gasteiger partial charge in [0, 0.05) is 30.0 Å². The molecule has 1 aliphatic rings. The van der Waals surface area contributed by atoms with Crippen LogP contribution < -0.4 is 11.1 Å². The summed E-state index contributed by atoms with van der Waals surface area (Å²) in [6.07, 6.45) is 0. The van der Waals surface area contributed by atoms with Crippen molar-refractivity contribution >= 4 is 17.3 Å². The van der Waals surface area contributed by atoms with E-state index in [0.717, 1.165) is 18.8 Å². The van der Waals surface area contributed by atoms with Gasteiger partial charge in [-0.25, -0.2) is 0 Å². The molecule has 2 aromatic rings. The molecule has 0 bridgehead atoms. The van der Waals surface area contributed by atoms with Crippen molar-refractivity contribution in [3.8, 4) is 0 Å². The number of carbonyl (C=O) groups excluding carboxylic acids is 1. The van der Waals surface area contributed by atoms with Crippen LogP contribution in [0.5, 0.6) is 0 Å². The molecule has 0 fully saturated rings. The van der Waals surface area contributed by atoms with Gasteiger partial charge in [-0.3, -0.25) is 9.69 Å². The maximum absolute atomic E-state index is 12.1. The van der Waals surface area contributed by atoms with E-state index in [-0.39, 0.29) is 5.91 Å². The highest BCUT2D eigenvalue weighted by molar-refractivity contribution is 6.04. The lowest BCUT2D eigenvalue weighted by atomic mass is 10.1. The molecule has 1 aliphatic heterocycles. The number of fused-ring (bicyclic) bond motifs is 1. The third-order valence-electron chi connectivity index (χ3n) is 3.52. The van der Waals surface area contributed by atoms with E-state index >= 15 is 0 Å². The third-order valence-corrected chi connectivity index (χ3v) is 3.52. The Hall–Kier alpha value is -2.33. The standard InChI is InChI=1S/C16H17N3O/c1-19-9-12-4-7-15(8-13(12)10-19)18-16(20)11-2-5-14(17)6-3-11/h2-8H,9-10,17H2,1H3,(H,18,20). The smallest absolute Gasteiger partial charge is 0.255 e. The normalized spacial score (nSPS) is 14.1. The Labute approximate surface area is 118 Å². The highest BCUT2D eigenvalue weighted by Crippen LogP contribution is 2.24. The first-order valence-electron chi connectivity index (χ1n) is 6.59. The molecule has 3 rings (SSSR count). The van der Waals surface area contributed by atoms with Crippen molar-refractivity contribution < 1.29 is 4.79 Å². The van der Waals surface area contributed by atoms with Gasteiger partial charge in [-0.2, -0.15) is 0 Å². The third kappa shape index (κ3) is 2.51. The fourth-order valence-corrected chi connectivity index (χ4v) is 2.48. The number of anilines is 2. The number of nitrogens with zero attached hydrogens (tertiary/aromatic N) is 1. The Bertz CT molecular complexity index is 649. The van der Waals surface area contributed by atoms with Crippen LogP contribution in [0.2, 0.25) is 0 Å². The first-order valence-corrected chi connectivity index (χ1v) is 6.59. The van der Waals surface area contributed by atoms with Gasteiger partial charge in [0.05, 0.1) is 0 Å². The molecule has 2 aromatic carbocycles. The number of hydrogen-bond donors (Lipinski definition) is 2. The van der Waals surface area contributed by atoms with E-state index in [2.05, 4.69) is 23.3 Å². The summed E-state index contributed by atoms with van der Waals surface area (Å²) in [4.78, 5) is 14.4. The average molecular weight is 267 g/mol. The molecule has 0 radical (unpaired) electrons. The van der Waals surface area contributed by atoms with Crippen molar-refractivity contribution in [3.05, 3.63) is 59.2 Å². The van der Waals surface area contributed by atoms with E-state index < -0.39 is 0 Å². The summed E-state index contributed by atoms with van der Waals surface area (Å²) in [5.74, 6) is -0.115. The fourth-order valence-electron chi connectivity index (χ4n) is 2.48. The monoisotopic (exact) mass is 267 g/mol. The van der Waals surface area contributed by atoms with Crippen molar-refractivity contribution in [2.45, 2.75) is 13.1 Å². The van der Waals surface area contributed by atoms with Gasteiger partial charge < -0.3 is 11.1 Å². The molecule has 4 nitrogen and oxygen atoms in total. The molecular weight excluding hydrogens is 250 g/mol. The number of amides is 1. The quantitative estimate of drug-likeness (QED) is 0.822. The molecule has 0 saturated heterocycles. The minimum Gasteiger partial charge on any atom is -0.399 e. The maximum Gasteiger partial charge on any atom is 0.255 e. The Morgan fingerprint density at radius 1 is 1.10 bits per heavy atom. The van der Waals surface area contributed by atoms with E-state index in [0.29, 0.717) is 11.3 Å². The maximum atomic E-state index is 12.1. The minimum absolute atomic E-state index is 0.115. The molecule has 102 valence electrons. The summed E-state index contributed by atoms with van der Waals surface area (Å²) >= 11 is 0. The van der Waals surface area contributed by atoms with Crippen molar-refractivity contribution in [3.63, 3.8) is 0 Å². The summed E-state index contributed by atoms with van der Waals surface area (Å²) < 4.78 is 0. The van der Waals surface area contributed by atoms with Crippen molar-refractivity contribution in [2.75, 3.05) is 18.1 Å². The van der Waals surface area contributed by atoms with Gasteiger partial charge in [0.25, 0.3) is 5.91 Å². The lowest BCUT2D eigenvalue weighted by molar-refractivity contribution is 0.102. The summed E-state index contributed by atoms with van der Waals surface area (Å²) in [7, 11) is 2.09. The highest BCUT2D eigenvalue weighted by atomic mass is 16.1. The van der Waals surface area contributed by atoms with Gasteiger partial charge >= 0.3 is 0 Å². The number of rotatable bonds is 2. The number of nitrogens with two attached hydrogens (primary N) is 1. The van der Waals surface area contributed by atoms with Gasteiger partial charge in [0.15, 0.2) is 0 Å². The molecule has 4 heteroatoms. The topological polar surface area (TPSA) is 58.4 Å². The Morgan fingerprint density at radius 2 is 1.80 bits per heavy atom. The molecule has 0 atom stereocenters. The molecular formula is C16H17N3O. The number of carbonyl (C=O) groups is 1. The largest absolute Gasteiger partial charge is 0.399 e. The van der Waals surface area contributed by atoms with Gasteiger partial charge in [-0.1, -0.05) is 6.07 Å². The zero-order chi connectivity index (χ0) is 14.1. The van der Waals surface area contributed by atoms with Gasteiger partial charge in [0.1, 0.15) is 0 Å². The van der Waals surface area contributed by atoms with Crippen LogP contribution in [-0.2, 0) is 13.1 Å². The second kappa shape index (κ2) is 4.98. The van der Waals surface area contributed by atoms with Gasteiger partial charge in [-0.15, -0.1) is 0 Å². The second-order valence-electron chi connectivity index (χ2n) is 5.23. The number of benzene rings is 2. The van der Waals surface area contributed by atoms with Crippen LogP contribution in [0.3, 0.4) is 0 Å². The Balaban J connectivity index is 1.77. The van der Waals surface area contributed by atoms with Crippen LogP contribution in [0.15, 0.2) is 42.5 Å². The van der Waals surface area contributed by atoms with Crippen LogP contribution in [0.25, 0.3) is 0 Å². The molecule has 0 aliphatic carbocycles. The highest BCUT2D eigenvalue weighted by Gasteiger charge is 2.16. The SMILES string of the molecule is CN1Cc2ccc(NC(=O)c3ccc(N)cc3)cc2C1. The first-order chi connectivity index (χ1) is 9.61. The first kappa shape index (κ1) is 12.7. The summed E-state index contributed by atoms with van der Waals surface area (Å²) in [5.41, 5.74) is 10.3. The summed E-state index contributed by atoms with van der Waals surface area (Å²) in [6.45, 7) is 1.91. The lowest BCUT2D eigenvalue weighted by Gasteiger charge is -2.07. The zero-order valence-corrected chi connectivity index (χ0v) is 11.4. The number of hydrogen-bond acceptors (Lipinski definition) is 3. The minimum atomic E-state index is -0.115. The van der Waals surface area contributed by atoms with Crippen LogP contribution in [0, 0.1) is 0 Å². The molecule has 1 heterocycles. The van der Waals surface area contributed by atoms with Crippen LogP contribution in [-0.4, -0.2) is 17.9 Å². The van der Waals surface area contributed by atoms with Crippen LogP contribution in [0.1, 0.15) is 21.5 Å². The van der Waals surface area contributed by atoms with Crippen LogP contribution >= 0.6 is 0 Å². The average Bonchev–Trinajstić information content (AvgIpc) is 2.78. The molecule has 20 heavy (non-hydrogen) atoms. The van der Waals surface area contributed by atoms with Crippen molar-refractivity contribution in [1.82, 2.24) is 4.90 Å². The van der Waals surface area contributed by atoms with E-state index in [1.165, 1.54) is 11.1 Å². The van der Waals surface area contributed by atoms with Crippen molar-refractivity contribution in [1.29, 1.82) is 0 Å². The zero-order valence-electron chi connectivity index (χ0n) is 11.4. The van der Waals surface area contributed by atoms with E-state index in [1.807, 2.05) is 12.1 Å². The van der Waals surface area contributed by atoms with Gasteiger partial charge in [-0.05, 0) is 54.6 Å². The molecule has 0 spiro atoms.